The minimum absolute atomic E-state index is 0.0379. The second kappa shape index (κ2) is 10.1. The molecule has 0 aliphatic carbocycles. The molecule has 2 rings (SSSR count). The van der Waals surface area contributed by atoms with Crippen molar-refractivity contribution in [3.8, 4) is 0 Å². The van der Waals surface area contributed by atoms with Crippen molar-refractivity contribution >= 4 is 34.9 Å². The smallest absolute Gasteiger partial charge is 0.251 e. The molecule has 0 bridgehead atoms. The summed E-state index contributed by atoms with van der Waals surface area (Å²) >= 11 is 3.29. The van der Waals surface area contributed by atoms with Crippen LogP contribution < -0.4 is 5.32 Å². The van der Waals surface area contributed by atoms with E-state index in [0.717, 1.165) is 11.3 Å². The molecule has 1 heterocycles. The van der Waals surface area contributed by atoms with Gasteiger partial charge < -0.3 is 10.2 Å². The van der Waals surface area contributed by atoms with Crippen LogP contribution in [0.4, 0.5) is 0 Å². The fourth-order valence-electron chi connectivity index (χ4n) is 2.86. The van der Waals surface area contributed by atoms with Crippen LogP contribution in [0, 0.1) is 0 Å². The first-order valence-electron chi connectivity index (χ1n) is 9.38. The maximum atomic E-state index is 12.9. The van der Waals surface area contributed by atoms with Crippen molar-refractivity contribution in [2.45, 2.75) is 45.2 Å². The van der Waals surface area contributed by atoms with E-state index in [9.17, 15) is 9.59 Å². The van der Waals surface area contributed by atoms with Gasteiger partial charge in [-0.3, -0.25) is 9.59 Å². The van der Waals surface area contributed by atoms with Gasteiger partial charge in [-0.25, -0.2) is 0 Å². The third kappa shape index (κ3) is 6.38. The zero-order valence-electron chi connectivity index (χ0n) is 17.3. The van der Waals surface area contributed by atoms with Crippen LogP contribution in [0.25, 0.3) is 0 Å². The summed E-state index contributed by atoms with van der Waals surface area (Å²) in [4.78, 5) is 27.4. The van der Waals surface area contributed by atoms with Gasteiger partial charge in [0.25, 0.3) is 5.91 Å². The van der Waals surface area contributed by atoms with Crippen LogP contribution in [0.2, 0.25) is 0 Å². The maximum Gasteiger partial charge on any atom is 0.251 e. The van der Waals surface area contributed by atoms with Crippen LogP contribution in [0.5, 0.6) is 0 Å². The number of thioether (sulfide) groups is 1. The van der Waals surface area contributed by atoms with E-state index in [0.29, 0.717) is 18.5 Å². The van der Waals surface area contributed by atoms with Crippen LogP contribution >= 0.6 is 23.1 Å². The summed E-state index contributed by atoms with van der Waals surface area (Å²) in [5.41, 5.74) is 2.90. The predicted molar refractivity (Wildman–Crippen MR) is 120 cm³/mol. The Hall–Kier alpha value is -1.79. The van der Waals surface area contributed by atoms with Crippen LogP contribution in [0.15, 0.2) is 41.1 Å². The van der Waals surface area contributed by atoms with E-state index >= 15 is 0 Å². The maximum absolute atomic E-state index is 12.9. The predicted octanol–water partition coefficient (Wildman–Crippen LogP) is 4.56. The zero-order chi connectivity index (χ0) is 20.7. The van der Waals surface area contributed by atoms with Gasteiger partial charge in [-0.15, -0.1) is 0 Å². The Morgan fingerprint density at radius 1 is 1.18 bits per heavy atom. The number of benzene rings is 1. The summed E-state index contributed by atoms with van der Waals surface area (Å²) in [6, 6.07) is 9.13. The monoisotopic (exact) mass is 418 g/mol. The van der Waals surface area contributed by atoms with E-state index < -0.39 is 6.04 Å². The minimum atomic E-state index is -0.522. The number of carbonyl (C=O) groups is 2. The van der Waals surface area contributed by atoms with Gasteiger partial charge in [-0.2, -0.15) is 23.1 Å². The summed E-state index contributed by atoms with van der Waals surface area (Å²) < 4.78 is 0. The lowest BCUT2D eigenvalue weighted by Gasteiger charge is -2.24. The Bertz CT molecular complexity index is 765. The van der Waals surface area contributed by atoms with Gasteiger partial charge in [-0.05, 0) is 63.9 Å². The first kappa shape index (κ1) is 22.5. The molecule has 0 aliphatic heterocycles. The van der Waals surface area contributed by atoms with Crippen molar-refractivity contribution in [3.05, 3.63) is 57.8 Å². The normalized spacial score (nSPS) is 12.5. The molecule has 1 aromatic heterocycles. The third-order valence-electron chi connectivity index (χ3n) is 4.60. The van der Waals surface area contributed by atoms with Gasteiger partial charge >= 0.3 is 0 Å². The van der Waals surface area contributed by atoms with Gasteiger partial charge in [-0.1, -0.05) is 32.9 Å². The molecule has 0 aliphatic rings. The number of rotatable bonds is 8. The molecule has 1 atom stereocenters. The van der Waals surface area contributed by atoms with Gasteiger partial charge in [0, 0.05) is 19.2 Å². The third-order valence-corrected chi connectivity index (χ3v) is 5.98. The molecule has 0 saturated heterocycles. The minimum Gasteiger partial charge on any atom is -0.340 e. The van der Waals surface area contributed by atoms with Crippen molar-refractivity contribution < 1.29 is 9.59 Å². The van der Waals surface area contributed by atoms with E-state index in [-0.39, 0.29) is 17.2 Å². The molecule has 152 valence electrons. The Morgan fingerprint density at radius 3 is 2.39 bits per heavy atom. The van der Waals surface area contributed by atoms with Crippen molar-refractivity contribution in [1.29, 1.82) is 0 Å². The SMILES string of the molecule is CSCCC(NC(=O)c1ccc(C(C)(C)C)cc1)C(=O)N(C)Cc1ccsc1. The Kier molecular flexibility index (Phi) is 8.13. The second-order valence-corrected chi connectivity index (χ2v) is 9.73. The van der Waals surface area contributed by atoms with Crippen LogP contribution in [0.1, 0.15) is 48.7 Å². The molecule has 1 aromatic carbocycles. The molecular formula is C22H30N2O2S2. The van der Waals surface area contributed by atoms with E-state index in [2.05, 4.69) is 26.1 Å². The Balaban J connectivity index is 2.07. The number of likely N-dealkylation sites (N-methyl/N-ethyl adjacent to an activating group) is 1. The number of thiophene rings is 1. The van der Waals surface area contributed by atoms with Crippen molar-refractivity contribution in [2.24, 2.45) is 0 Å². The zero-order valence-corrected chi connectivity index (χ0v) is 19.0. The molecule has 4 nitrogen and oxygen atoms in total. The van der Waals surface area contributed by atoms with Crippen molar-refractivity contribution in [1.82, 2.24) is 10.2 Å². The van der Waals surface area contributed by atoms with Crippen LogP contribution in [-0.2, 0) is 16.8 Å². The van der Waals surface area contributed by atoms with Crippen LogP contribution in [-0.4, -0.2) is 41.8 Å². The first-order valence-corrected chi connectivity index (χ1v) is 11.7. The first-order chi connectivity index (χ1) is 13.2. The number of hydrogen-bond acceptors (Lipinski definition) is 4. The lowest BCUT2D eigenvalue weighted by Crippen LogP contribution is -2.47. The highest BCUT2D eigenvalue weighted by molar-refractivity contribution is 7.98. The molecule has 0 fully saturated rings. The lowest BCUT2D eigenvalue weighted by atomic mass is 9.86. The summed E-state index contributed by atoms with van der Waals surface area (Å²) in [5, 5.41) is 6.99. The second-order valence-electron chi connectivity index (χ2n) is 7.96. The fourth-order valence-corrected chi connectivity index (χ4v) is 3.99. The van der Waals surface area contributed by atoms with E-state index in [1.54, 1.807) is 35.0 Å². The standard InChI is InChI=1S/C22H30N2O2S2/c1-22(2,3)18-8-6-17(7-9-18)20(25)23-19(11-12-27-5)21(26)24(4)14-16-10-13-28-15-16/h6-10,13,15,19H,11-12,14H2,1-5H3,(H,23,25). The molecule has 0 saturated carbocycles. The van der Waals surface area contributed by atoms with Gasteiger partial charge in [0.1, 0.15) is 6.04 Å². The topological polar surface area (TPSA) is 49.4 Å². The van der Waals surface area contributed by atoms with E-state index in [1.807, 2.05) is 47.3 Å². The highest BCUT2D eigenvalue weighted by atomic mass is 32.2. The Labute approximate surface area is 176 Å². The number of nitrogens with one attached hydrogen (secondary N) is 1. The quantitative estimate of drug-likeness (QED) is 0.684. The molecule has 1 unspecified atom stereocenters. The number of hydrogen-bond donors (Lipinski definition) is 1. The number of carbonyl (C=O) groups excluding carboxylic acids is 2. The summed E-state index contributed by atoms with van der Waals surface area (Å²) in [5.74, 6) is 0.551. The fraction of sp³-hybridized carbons (Fsp3) is 0.455. The highest BCUT2D eigenvalue weighted by Gasteiger charge is 2.24. The Morgan fingerprint density at radius 2 is 1.86 bits per heavy atom. The average molecular weight is 419 g/mol. The van der Waals surface area contributed by atoms with Gasteiger partial charge in [0.15, 0.2) is 0 Å². The number of amides is 2. The van der Waals surface area contributed by atoms with E-state index in [4.69, 9.17) is 0 Å². The van der Waals surface area contributed by atoms with Gasteiger partial charge in [0.05, 0.1) is 0 Å². The molecule has 1 N–H and O–H groups in total. The summed E-state index contributed by atoms with van der Waals surface area (Å²) in [7, 11) is 1.79. The molecule has 0 spiro atoms. The molecule has 6 heteroatoms. The molecule has 28 heavy (non-hydrogen) atoms. The molecule has 0 radical (unpaired) electrons. The lowest BCUT2D eigenvalue weighted by molar-refractivity contribution is -0.132. The van der Waals surface area contributed by atoms with Crippen molar-refractivity contribution in [2.75, 3.05) is 19.1 Å². The highest BCUT2D eigenvalue weighted by Crippen LogP contribution is 2.22. The number of nitrogens with zero attached hydrogens (tertiary/aromatic N) is 1. The largest absolute Gasteiger partial charge is 0.340 e. The molecule has 2 amide bonds. The summed E-state index contributed by atoms with van der Waals surface area (Å²) in [6.07, 6.45) is 2.61. The summed E-state index contributed by atoms with van der Waals surface area (Å²) in [6.45, 7) is 6.97. The molecular weight excluding hydrogens is 388 g/mol. The molecule has 2 aromatic rings. The average Bonchev–Trinajstić information content (AvgIpc) is 3.16. The van der Waals surface area contributed by atoms with E-state index in [1.165, 1.54) is 5.56 Å². The van der Waals surface area contributed by atoms with Gasteiger partial charge in [0.2, 0.25) is 5.91 Å². The van der Waals surface area contributed by atoms with Crippen molar-refractivity contribution in [3.63, 3.8) is 0 Å². The van der Waals surface area contributed by atoms with Crippen LogP contribution in [0.3, 0.4) is 0 Å².